The number of rotatable bonds is 11. The van der Waals surface area contributed by atoms with Crippen molar-refractivity contribution >= 4 is 0 Å². The second kappa shape index (κ2) is 9.43. The first-order chi connectivity index (χ1) is 12.5. The number of hydrogen-bond acceptors (Lipinski definition) is 0. The Morgan fingerprint density at radius 2 is 1.00 bits per heavy atom. The molecule has 0 fully saturated rings. The largest absolute Gasteiger partial charge is 0.0651 e. The molecule has 0 aliphatic rings. The minimum absolute atomic E-state index is 0.267. The van der Waals surface area contributed by atoms with E-state index in [0.717, 1.165) is 11.8 Å². The van der Waals surface area contributed by atoms with Crippen LogP contribution in [0.1, 0.15) is 136 Å². The third kappa shape index (κ3) is 4.51. The molecule has 170 valence electrons. The molecule has 0 N–H and O–H groups in total. The van der Waals surface area contributed by atoms with Gasteiger partial charge < -0.3 is 0 Å². The second-order valence-electron chi connectivity index (χ2n) is 12.7. The average Bonchev–Trinajstić information content (AvgIpc) is 2.58. The summed E-state index contributed by atoms with van der Waals surface area (Å²) in [6, 6.07) is 0. The van der Waals surface area contributed by atoms with Crippen molar-refractivity contribution in [3.63, 3.8) is 0 Å². The predicted molar refractivity (Wildman–Crippen MR) is 131 cm³/mol. The fourth-order valence-electron chi connectivity index (χ4n) is 7.06. The Morgan fingerprint density at radius 1 is 0.571 bits per heavy atom. The minimum atomic E-state index is 0.267. The first-order valence-electron chi connectivity index (χ1n) is 12.5. The molecule has 5 atom stereocenters. The van der Waals surface area contributed by atoms with E-state index in [1.165, 1.54) is 32.1 Å². The molecular weight excluding hydrogens is 336 g/mol. The maximum Gasteiger partial charge on any atom is -0.0238 e. The molecule has 0 aliphatic carbocycles. The minimum Gasteiger partial charge on any atom is -0.0651 e. The molecule has 0 amide bonds. The van der Waals surface area contributed by atoms with Crippen LogP contribution in [0.2, 0.25) is 0 Å². The predicted octanol–water partition coefficient (Wildman–Crippen LogP) is 10.0. The first kappa shape index (κ1) is 28.0. The van der Waals surface area contributed by atoms with E-state index in [4.69, 9.17) is 0 Å². The maximum absolute atomic E-state index is 2.65. The highest BCUT2D eigenvalue weighted by molar-refractivity contribution is 5.08. The van der Waals surface area contributed by atoms with Gasteiger partial charge in [0.05, 0.1) is 0 Å². The highest BCUT2D eigenvalue weighted by Crippen LogP contribution is 2.67. The molecule has 0 aromatic carbocycles. The van der Waals surface area contributed by atoms with Gasteiger partial charge in [-0.1, -0.05) is 117 Å². The van der Waals surface area contributed by atoms with Gasteiger partial charge in [0, 0.05) is 0 Å². The highest BCUT2D eigenvalue weighted by atomic mass is 14.6. The molecule has 0 bridgehead atoms. The molecule has 0 spiro atoms. The zero-order chi connectivity index (χ0) is 22.8. The van der Waals surface area contributed by atoms with Gasteiger partial charge in [0.25, 0.3) is 0 Å². The zero-order valence-corrected chi connectivity index (χ0v) is 22.8. The topological polar surface area (TPSA) is 0 Å². The third-order valence-electron chi connectivity index (χ3n) is 10.5. The maximum atomic E-state index is 2.65. The van der Waals surface area contributed by atoms with Crippen molar-refractivity contribution in [2.45, 2.75) is 136 Å². The molecule has 0 radical (unpaired) electrons. The lowest BCUT2D eigenvalue weighted by molar-refractivity contribution is -0.162. The summed E-state index contributed by atoms with van der Waals surface area (Å²) >= 11 is 0. The molecule has 0 nitrogen and oxygen atoms in total. The van der Waals surface area contributed by atoms with Crippen LogP contribution < -0.4 is 0 Å². The van der Waals surface area contributed by atoms with Crippen molar-refractivity contribution < 1.29 is 0 Å². The third-order valence-corrected chi connectivity index (χ3v) is 10.5. The van der Waals surface area contributed by atoms with Crippen molar-refractivity contribution in [1.29, 1.82) is 0 Å². The van der Waals surface area contributed by atoms with Crippen LogP contribution in [0.4, 0.5) is 0 Å². The molecule has 0 rings (SSSR count). The smallest absolute Gasteiger partial charge is 0.0238 e. The molecule has 0 aromatic rings. The quantitative estimate of drug-likeness (QED) is 0.327. The van der Waals surface area contributed by atoms with Gasteiger partial charge >= 0.3 is 0 Å². The van der Waals surface area contributed by atoms with Crippen molar-refractivity contribution in [3.05, 3.63) is 0 Å². The fourth-order valence-corrected chi connectivity index (χ4v) is 7.06. The summed E-state index contributed by atoms with van der Waals surface area (Å²) in [5.41, 5.74) is 1.53. The van der Waals surface area contributed by atoms with Crippen LogP contribution in [0.15, 0.2) is 0 Å². The van der Waals surface area contributed by atoms with Crippen molar-refractivity contribution in [2.75, 3.05) is 0 Å². The van der Waals surface area contributed by atoms with Gasteiger partial charge in [-0.25, -0.2) is 0 Å². The Bertz CT molecular complexity index is 465. The monoisotopic (exact) mass is 394 g/mol. The Hall–Kier alpha value is 0. The highest BCUT2D eigenvalue weighted by Gasteiger charge is 2.60. The summed E-state index contributed by atoms with van der Waals surface area (Å²) in [5.74, 6) is 2.17. The van der Waals surface area contributed by atoms with Gasteiger partial charge in [-0.15, -0.1) is 0 Å². The lowest BCUT2D eigenvalue weighted by Crippen LogP contribution is -2.58. The van der Waals surface area contributed by atoms with Crippen molar-refractivity contribution in [2.24, 2.45) is 44.8 Å². The SMILES string of the molecule is CCC(C)C(C)(CC)C(C)(C)C(C)(CC)C(CC)C(C)(CC(C)C)C(C)(C)C. The molecule has 0 heteroatoms. The van der Waals surface area contributed by atoms with E-state index in [1.807, 2.05) is 0 Å². The first-order valence-corrected chi connectivity index (χ1v) is 12.5. The van der Waals surface area contributed by atoms with Crippen molar-refractivity contribution in [3.8, 4) is 0 Å². The van der Waals surface area contributed by atoms with E-state index >= 15 is 0 Å². The summed E-state index contributed by atoms with van der Waals surface area (Å²) in [6.07, 6.45) is 6.38. The fraction of sp³-hybridized carbons (Fsp3) is 1.00. The van der Waals surface area contributed by atoms with Crippen LogP contribution in [0.25, 0.3) is 0 Å². The van der Waals surface area contributed by atoms with Crippen LogP contribution in [0, 0.1) is 44.8 Å². The lowest BCUT2D eigenvalue weighted by Gasteiger charge is -2.65. The van der Waals surface area contributed by atoms with Crippen LogP contribution in [0.3, 0.4) is 0 Å². The van der Waals surface area contributed by atoms with E-state index in [-0.39, 0.29) is 5.41 Å². The number of hydrogen-bond donors (Lipinski definition) is 0. The summed E-state index contributed by atoms with van der Waals surface area (Å²) in [5, 5.41) is 0. The van der Waals surface area contributed by atoms with E-state index in [0.29, 0.717) is 27.6 Å². The summed E-state index contributed by atoms with van der Waals surface area (Å²) in [4.78, 5) is 0. The Kier molecular flexibility index (Phi) is 9.43. The van der Waals surface area contributed by atoms with Gasteiger partial charge in [-0.05, 0) is 64.1 Å². The van der Waals surface area contributed by atoms with E-state index < -0.39 is 0 Å². The normalized spacial score (nSPS) is 22.3. The summed E-state index contributed by atoms with van der Waals surface area (Å²) in [7, 11) is 0. The van der Waals surface area contributed by atoms with Crippen LogP contribution in [0.5, 0.6) is 0 Å². The standard InChI is InChI=1S/C28H58/c1-16-22(7)26(13,18-3)25(11,12)27(14,19-4)23(17-2)28(15,20-21(5)6)24(8,9)10/h21-23H,16-20H2,1-15H3. The van der Waals surface area contributed by atoms with E-state index in [2.05, 4.69) is 104 Å². The van der Waals surface area contributed by atoms with Gasteiger partial charge in [-0.3, -0.25) is 0 Å². The summed E-state index contributed by atoms with van der Waals surface area (Å²) in [6.45, 7) is 37.7. The van der Waals surface area contributed by atoms with Crippen LogP contribution >= 0.6 is 0 Å². The average molecular weight is 395 g/mol. The molecule has 0 aromatic heterocycles. The van der Waals surface area contributed by atoms with E-state index in [1.54, 1.807) is 0 Å². The molecule has 0 aliphatic heterocycles. The molecular formula is C28H58. The van der Waals surface area contributed by atoms with Gasteiger partial charge in [0.1, 0.15) is 0 Å². The molecule has 28 heavy (non-hydrogen) atoms. The van der Waals surface area contributed by atoms with Gasteiger partial charge in [-0.2, -0.15) is 0 Å². The van der Waals surface area contributed by atoms with Gasteiger partial charge in [0.15, 0.2) is 0 Å². The summed E-state index contributed by atoms with van der Waals surface area (Å²) < 4.78 is 0. The molecule has 0 saturated carbocycles. The molecule has 0 heterocycles. The Labute approximate surface area is 181 Å². The van der Waals surface area contributed by atoms with Crippen LogP contribution in [-0.2, 0) is 0 Å². The second-order valence-corrected chi connectivity index (χ2v) is 12.7. The van der Waals surface area contributed by atoms with Crippen molar-refractivity contribution in [1.82, 2.24) is 0 Å². The van der Waals surface area contributed by atoms with Gasteiger partial charge in [0.2, 0.25) is 0 Å². The zero-order valence-electron chi connectivity index (χ0n) is 22.8. The van der Waals surface area contributed by atoms with Crippen LogP contribution in [-0.4, -0.2) is 0 Å². The molecule has 0 saturated heterocycles. The Morgan fingerprint density at radius 3 is 1.25 bits per heavy atom. The molecule has 5 unspecified atom stereocenters. The Balaban J connectivity index is 6.76. The van der Waals surface area contributed by atoms with E-state index in [9.17, 15) is 0 Å². The lowest BCUT2D eigenvalue weighted by atomic mass is 9.40.